The minimum atomic E-state index is -0.119. The minimum absolute atomic E-state index is 0.119. The van der Waals surface area contributed by atoms with Crippen LogP contribution in [0.2, 0.25) is 0 Å². The summed E-state index contributed by atoms with van der Waals surface area (Å²) in [5.74, 6) is 0.402. The second-order valence-corrected chi connectivity index (χ2v) is 5.51. The van der Waals surface area contributed by atoms with Gasteiger partial charge in [0.25, 0.3) is 0 Å². The summed E-state index contributed by atoms with van der Waals surface area (Å²) in [6, 6.07) is 16.0. The van der Waals surface area contributed by atoms with Gasteiger partial charge in [-0.15, -0.1) is 0 Å². The van der Waals surface area contributed by atoms with Crippen molar-refractivity contribution in [3.05, 3.63) is 71.3 Å². The summed E-state index contributed by atoms with van der Waals surface area (Å²) in [6.45, 7) is 6.35. The Morgan fingerprint density at radius 3 is 2.19 bits per heavy atom. The summed E-state index contributed by atoms with van der Waals surface area (Å²) in [4.78, 5) is 11.8. The summed E-state index contributed by atoms with van der Waals surface area (Å²) in [6.07, 6.45) is 3.39. The van der Waals surface area contributed by atoms with Crippen LogP contribution in [-0.2, 0) is 4.79 Å². The fourth-order valence-corrected chi connectivity index (χ4v) is 1.98. The van der Waals surface area contributed by atoms with Crippen LogP contribution in [0, 0.1) is 6.92 Å². The van der Waals surface area contributed by atoms with Gasteiger partial charge in [-0.05, 0) is 42.2 Å². The molecule has 0 spiro atoms. The maximum Gasteiger partial charge on any atom is 0.248 e. The summed E-state index contributed by atoms with van der Waals surface area (Å²) in [5, 5.41) is 2.84. The van der Waals surface area contributed by atoms with Crippen LogP contribution in [0.5, 0.6) is 0 Å². The first-order valence-corrected chi connectivity index (χ1v) is 7.20. The Morgan fingerprint density at radius 2 is 1.62 bits per heavy atom. The lowest BCUT2D eigenvalue weighted by molar-refractivity contribution is -0.111. The quantitative estimate of drug-likeness (QED) is 0.802. The molecule has 0 aliphatic rings. The summed E-state index contributed by atoms with van der Waals surface area (Å²) >= 11 is 0. The number of carbonyl (C=O) groups excluding carboxylic acids is 1. The number of hydrogen-bond donors (Lipinski definition) is 1. The SMILES string of the molecule is Cc1ccc(NC(=O)/C=C/c2ccc(C(C)C)cc2)cc1. The number of aryl methyl sites for hydroxylation is 1. The Balaban J connectivity index is 1.96. The number of benzene rings is 2. The highest BCUT2D eigenvalue weighted by molar-refractivity contribution is 6.01. The molecule has 0 radical (unpaired) electrons. The van der Waals surface area contributed by atoms with Crippen LogP contribution < -0.4 is 5.32 Å². The van der Waals surface area contributed by atoms with E-state index in [-0.39, 0.29) is 5.91 Å². The van der Waals surface area contributed by atoms with Crippen molar-refractivity contribution in [1.29, 1.82) is 0 Å². The van der Waals surface area contributed by atoms with E-state index in [0.29, 0.717) is 5.92 Å². The van der Waals surface area contributed by atoms with Gasteiger partial charge < -0.3 is 5.32 Å². The molecule has 0 aromatic heterocycles. The second kappa shape index (κ2) is 6.89. The van der Waals surface area contributed by atoms with Crippen LogP contribution in [-0.4, -0.2) is 5.91 Å². The Hall–Kier alpha value is -2.35. The number of rotatable bonds is 4. The van der Waals surface area contributed by atoms with E-state index in [4.69, 9.17) is 0 Å². The standard InChI is InChI=1S/C19H21NO/c1-14(2)17-9-6-16(7-10-17)8-13-19(21)20-18-11-4-15(3)5-12-18/h4-14H,1-3H3,(H,20,21)/b13-8+. The smallest absolute Gasteiger partial charge is 0.248 e. The highest BCUT2D eigenvalue weighted by Crippen LogP contribution is 2.15. The van der Waals surface area contributed by atoms with E-state index in [0.717, 1.165) is 11.3 Å². The average Bonchev–Trinajstić information content (AvgIpc) is 2.48. The molecule has 2 rings (SSSR count). The largest absolute Gasteiger partial charge is 0.323 e. The Bertz CT molecular complexity index is 622. The molecule has 0 aliphatic carbocycles. The number of anilines is 1. The van der Waals surface area contributed by atoms with Crippen LogP contribution in [0.25, 0.3) is 6.08 Å². The van der Waals surface area contributed by atoms with Crippen molar-refractivity contribution in [2.75, 3.05) is 5.32 Å². The fourth-order valence-electron chi connectivity index (χ4n) is 1.98. The van der Waals surface area contributed by atoms with E-state index in [1.165, 1.54) is 11.1 Å². The molecular weight excluding hydrogens is 258 g/mol. The second-order valence-electron chi connectivity index (χ2n) is 5.51. The predicted molar refractivity (Wildman–Crippen MR) is 89.4 cm³/mol. The van der Waals surface area contributed by atoms with Crippen LogP contribution in [0.3, 0.4) is 0 Å². The van der Waals surface area contributed by atoms with Crippen molar-refractivity contribution in [2.45, 2.75) is 26.7 Å². The molecule has 0 atom stereocenters. The highest BCUT2D eigenvalue weighted by Gasteiger charge is 1.99. The number of nitrogens with one attached hydrogen (secondary N) is 1. The zero-order chi connectivity index (χ0) is 15.2. The molecule has 0 unspecified atom stereocenters. The van der Waals surface area contributed by atoms with Crippen molar-refractivity contribution in [3.63, 3.8) is 0 Å². The van der Waals surface area contributed by atoms with Gasteiger partial charge >= 0.3 is 0 Å². The molecule has 0 aliphatic heterocycles. The van der Waals surface area contributed by atoms with Gasteiger partial charge in [-0.1, -0.05) is 55.8 Å². The molecule has 1 amide bonds. The van der Waals surface area contributed by atoms with Gasteiger partial charge in [-0.2, -0.15) is 0 Å². The highest BCUT2D eigenvalue weighted by atomic mass is 16.1. The van der Waals surface area contributed by atoms with Crippen molar-refractivity contribution in [3.8, 4) is 0 Å². The maximum atomic E-state index is 11.8. The molecular formula is C19H21NO. The van der Waals surface area contributed by atoms with Gasteiger partial charge in [0.05, 0.1) is 0 Å². The van der Waals surface area contributed by atoms with Crippen molar-refractivity contribution < 1.29 is 4.79 Å². The molecule has 21 heavy (non-hydrogen) atoms. The molecule has 0 fully saturated rings. The molecule has 0 bridgehead atoms. The predicted octanol–water partition coefficient (Wildman–Crippen LogP) is 4.77. The van der Waals surface area contributed by atoms with E-state index < -0.39 is 0 Å². The lowest BCUT2D eigenvalue weighted by Gasteiger charge is -2.05. The topological polar surface area (TPSA) is 29.1 Å². The monoisotopic (exact) mass is 279 g/mol. The molecule has 0 heterocycles. The molecule has 2 aromatic rings. The van der Waals surface area contributed by atoms with Gasteiger partial charge in [0.2, 0.25) is 5.91 Å². The Kier molecular flexibility index (Phi) is 4.94. The van der Waals surface area contributed by atoms with Gasteiger partial charge in [0.1, 0.15) is 0 Å². The van der Waals surface area contributed by atoms with Gasteiger partial charge in [0, 0.05) is 11.8 Å². The molecule has 2 heteroatoms. The number of carbonyl (C=O) groups is 1. The van der Waals surface area contributed by atoms with Crippen LogP contribution in [0.4, 0.5) is 5.69 Å². The third-order valence-corrected chi connectivity index (χ3v) is 3.35. The normalized spacial score (nSPS) is 11.0. The first kappa shape index (κ1) is 15.0. The van der Waals surface area contributed by atoms with Crippen molar-refractivity contribution in [2.24, 2.45) is 0 Å². The van der Waals surface area contributed by atoms with E-state index in [1.54, 1.807) is 6.08 Å². The zero-order valence-corrected chi connectivity index (χ0v) is 12.8. The van der Waals surface area contributed by atoms with Gasteiger partial charge in [-0.25, -0.2) is 0 Å². The van der Waals surface area contributed by atoms with Crippen molar-refractivity contribution in [1.82, 2.24) is 0 Å². The number of amides is 1. The van der Waals surface area contributed by atoms with Crippen LogP contribution >= 0.6 is 0 Å². The van der Waals surface area contributed by atoms with E-state index in [9.17, 15) is 4.79 Å². The zero-order valence-electron chi connectivity index (χ0n) is 12.8. The molecule has 0 saturated carbocycles. The molecule has 2 nitrogen and oxygen atoms in total. The third-order valence-electron chi connectivity index (χ3n) is 3.35. The van der Waals surface area contributed by atoms with E-state index >= 15 is 0 Å². The Labute approximate surface area is 126 Å². The maximum absolute atomic E-state index is 11.8. The molecule has 0 saturated heterocycles. The van der Waals surface area contributed by atoms with Crippen molar-refractivity contribution >= 4 is 17.7 Å². The first-order valence-electron chi connectivity index (χ1n) is 7.20. The van der Waals surface area contributed by atoms with Gasteiger partial charge in [0.15, 0.2) is 0 Å². The molecule has 2 aromatic carbocycles. The minimum Gasteiger partial charge on any atom is -0.323 e. The Morgan fingerprint density at radius 1 is 1.00 bits per heavy atom. The van der Waals surface area contributed by atoms with Gasteiger partial charge in [-0.3, -0.25) is 4.79 Å². The summed E-state index contributed by atoms with van der Waals surface area (Å²) in [7, 11) is 0. The molecule has 1 N–H and O–H groups in total. The summed E-state index contributed by atoms with van der Waals surface area (Å²) in [5.41, 5.74) is 4.31. The lowest BCUT2D eigenvalue weighted by Crippen LogP contribution is -2.07. The fraction of sp³-hybridized carbons (Fsp3) is 0.211. The van der Waals surface area contributed by atoms with Crippen LogP contribution in [0.1, 0.15) is 36.5 Å². The first-order chi connectivity index (χ1) is 10.0. The lowest BCUT2D eigenvalue weighted by atomic mass is 10.0. The third kappa shape index (κ3) is 4.60. The molecule has 108 valence electrons. The van der Waals surface area contributed by atoms with E-state index in [2.05, 4.69) is 31.3 Å². The average molecular weight is 279 g/mol. The van der Waals surface area contributed by atoms with E-state index in [1.807, 2.05) is 49.4 Å². The number of hydrogen-bond acceptors (Lipinski definition) is 1. The van der Waals surface area contributed by atoms with Crippen LogP contribution in [0.15, 0.2) is 54.6 Å². The summed E-state index contributed by atoms with van der Waals surface area (Å²) < 4.78 is 0.